The van der Waals surface area contributed by atoms with Gasteiger partial charge in [0.05, 0.1) is 7.11 Å². The third kappa shape index (κ3) is 4.03. The molecule has 0 fully saturated rings. The number of carbonyl (C=O) groups is 1. The van der Waals surface area contributed by atoms with Crippen LogP contribution in [0.2, 0.25) is 0 Å². The summed E-state index contributed by atoms with van der Waals surface area (Å²) >= 11 is 3.38. The Hall–Kier alpha value is -2.58. The standard InChI is InChI=1S/C19H17BrN2O2/c1-12-5-4-6-17(13(12)2)22-19(23)15(11-21)9-14-10-16(20)7-8-18(14)24-3/h4-10H,1-3H3,(H,22,23)/b15-9+. The number of nitriles is 1. The quantitative estimate of drug-likeness (QED) is 0.617. The third-order valence-corrected chi connectivity index (χ3v) is 4.20. The molecule has 0 saturated carbocycles. The summed E-state index contributed by atoms with van der Waals surface area (Å²) in [5.41, 5.74) is 3.40. The molecule has 0 spiro atoms. The van der Waals surface area contributed by atoms with E-state index in [1.54, 1.807) is 19.2 Å². The maximum Gasteiger partial charge on any atom is 0.266 e. The van der Waals surface area contributed by atoms with Gasteiger partial charge in [0.25, 0.3) is 5.91 Å². The van der Waals surface area contributed by atoms with Crippen LogP contribution >= 0.6 is 15.9 Å². The van der Waals surface area contributed by atoms with Crippen LogP contribution in [-0.4, -0.2) is 13.0 Å². The Morgan fingerprint density at radius 2 is 2.04 bits per heavy atom. The maximum absolute atomic E-state index is 12.4. The zero-order valence-electron chi connectivity index (χ0n) is 13.7. The Bertz CT molecular complexity index is 851. The first-order chi connectivity index (χ1) is 11.5. The van der Waals surface area contributed by atoms with Crippen molar-refractivity contribution in [2.45, 2.75) is 13.8 Å². The van der Waals surface area contributed by atoms with E-state index < -0.39 is 5.91 Å². The first-order valence-corrected chi connectivity index (χ1v) is 8.08. The Labute approximate surface area is 149 Å². The highest BCUT2D eigenvalue weighted by atomic mass is 79.9. The van der Waals surface area contributed by atoms with E-state index in [1.165, 1.54) is 6.08 Å². The predicted octanol–water partition coefficient (Wildman–Crippen LogP) is 4.62. The highest BCUT2D eigenvalue weighted by molar-refractivity contribution is 9.10. The minimum Gasteiger partial charge on any atom is -0.496 e. The van der Waals surface area contributed by atoms with Gasteiger partial charge >= 0.3 is 0 Å². The van der Waals surface area contributed by atoms with Gasteiger partial charge in [-0.3, -0.25) is 4.79 Å². The van der Waals surface area contributed by atoms with Gasteiger partial charge in [-0.05, 0) is 55.3 Å². The van der Waals surface area contributed by atoms with Gasteiger partial charge in [0, 0.05) is 15.7 Å². The van der Waals surface area contributed by atoms with Gasteiger partial charge in [0.15, 0.2) is 0 Å². The molecule has 2 aromatic carbocycles. The molecule has 0 bridgehead atoms. The van der Waals surface area contributed by atoms with Gasteiger partial charge in [-0.25, -0.2) is 0 Å². The first kappa shape index (κ1) is 17.8. The lowest BCUT2D eigenvalue weighted by Crippen LogP contribution is -2.14. The summed E-state index contributed by atoms with van der Waals surface area (Å²) in [6.07, 6.45) is 1.52. The number of benzene rings is 2. The van der Waals surface area contributed by atoms with Crippen molar-refractivity contribution in [3.05, 3.63) is 63.1 Å². The van der Waals surface area contributed by atoms with Gasteiger partial charge in [0.1, 0.15) is 17.4 Å². The molecule has 0 aliphatic carbocycles. The van der Waals surface area contributed by atoms with E-state index in [-0.39, 0.29) is 5.57 Å². The van der Waals surface area contributed by atoms with E-state index in [1.807, 2.05) is 44.2 Å². The summed E-state index contributed by atoms with van der Waals surface area (Å²) in [4.78, 5) is 12.4. The van der Waals surface area contributed by atoms with Crippen molar-refractivity contribution in [3.8, 4) is 11.8 Å². The van der Waals surface area contributed by atoms with Crippen LogP contribution in [-0.2, 0) is 4.79 Å². The van der Waals surface area contributed by atoms with Crippen molar-refractivity contribution in [2.75, 3.05) is 12.4 Å². The summed E-state index contributed by atoms with van der Waals surface area (Å²) in [6, 6.07) is 13.0. The smallest absolute Gasteiger partial charge is 0.266 e. The lowest BCUT2D eigenvalue weighted by Gasteiger charge is -2.10. The molecule has 0 saturated heterocycles. The van der Waals surface area contributed by atoms with Gasteiger partial charge in [-0.2, -0.15) is 5.26 Å². The summed E-state index contributed by atoms with van der Waals surface area (Å²) < 4.78 is 6.11. The highest BCUT2D eigenvalue weighted by Gasteiger charge is 2.13. The van der Waals surface area contributed by atoms with Crippen LogP contribution in [0.25, 0.3) is 6.08 Å². The fourth-order valence-corrected chi connectivity index (χ4v) is 2.58. The minimum absolute atomic E-state index is 0.00676. The largest absolute Gasteiger partial charge is 0.496 e. The number of methoxy groups -OCH3 is 1. The Balaban J connectivity index is 2.35. The van der Waals surface area contributed by atoms with Gasteiger partial charge in [-0.15, -0.1) is 0 Å². The van der Waals surface area contributed by atoms with E-state index in [0.29, 0.717) is 17.0 Å². The van der Waals surface area contributed by atoms with E-state index >= 15 is 0 Å². The second-order valence-corrected chi connectivity index (χ2v) is 6.17. The minimum atomic E-state index is -0.451. The lowest BCUT2D eigenvalue weighted by molar-refractivity contribution is -0.112. The molecule has 2 rings (SSSR count). The molecule has 5 heteroatoms. The normalized spacial score (nSPS) is 10.9. The van der Waals surface area contributed by atoms with Gasteiger partial charge in [-0.1, -0.05) is 28.1 Å². The zero-order valence-corrected chi connectivity index (χ0v) is 15.3. The summed E-state index contributed by atoms with van der Waals surface area (Å²) in [5, 5.41) is 12.2. The van der Waals surface area contributed by atoms with E-state index in [4.69, 9.17) is 4.74 Å². The molecule has 122 valence electrons. The number of anilines is 1. The molecule has 0 atom stereocenters. The molecule has 0 aliphatic rings. The van der Waals surface area contributed by atoms with Crippen LogP contribution in [0.3, 0.4) is 0 Å². The molecular weight excluding hydrogens is 368 g/mol. The number of ether oxygens (including phenoxy) is 1. The third-order valence-electron chi connectivity index (χ3n) is 3.71. The van der Waals surface area contributed by atoms with Crippen molar-refractivity contribution < 1.29 is 9.53 Å². The Morgan fingerprint density at radius 1 is 1.29 bits per heavy atom. The molecule has 0 aliphatic heterocycles. The molecule has 1 N–H and O–H groups in total. The first-order valence-electron chi connectivity index (χ1n) is 7.29. The van der Waals surface area contributed by atoms with Crippen LogP contribution in [0.15, 0.2) is 46.4 Å². The summed E-state index contributed by atoms with van der Waals surface area (Å²) in [6.45, 7) is 3.90. The van der Waals surface area contributed by atoms with Crippen molar-refractivity contribution in [1.82, 2.24) is 0 Å². The lowest BCUT2D eigenvalue weighted by atomic mass is 10.1. The predicted molar refractivity (Wildman–Crippen MR) is 98.8 cm³/mol. The Kier molecular flexibility index (Phi) is 5.78. The topological polar surface area (TPSA) is 62.1 Å². The van der Waals surface area contributed by atoms with E-state index in [2.05, 4.69) is 21.2 Å². The van der Waals surface area contributed by atoms with Crippen molar-refractivity contribution in [1.29, 1.82) is 5.26 Å². The molecule has 0 radical (unpaired) electrons. The van der Waals surface area contributed by atoms with Crippen LogP contribution in [0.4, 0.5) is 5.69 Å². The van der Waals surface area contributed by atoms with Crippen LogP contribution in [0, 0.1) is 25.2 Å². The average molecular weight is 385 g/mol. The van der Waals surface area contributed by atoms with Crippen molar-refractivity contribution >= 4 is 33.6 Å². The molecule has 24 heavy (non-hydrogen) atoms. The van der Waals surface area contributed by atoms with Gasteiger partial charge < -0.3 is 10.1 Å². The molecule has 4 nitrogen and oxygen atoms in total. The van der Waals surface area contributed by atoms with Crippen molar-refractivity contribution in [2.24, 2.45) is 0 Å². The van der Waals surface area contributed by atoms with E-state index in [0.717, 1.165) is 15.6 Å². The number of nitrogens with zero attached hydrogens (tertiary/aromatic N) is 1. The molecule has 1 amide bonds. The molecular formula is C19H17BrN2O2. The number of rotatable bonds is 4. The SMILES string of the molecule is COc1ccc(Br)cc1/C=C(\C#N)C(=O)Nc1cccc(C)c1C. The number of carbonyl (C=O) groups excluding carboxylic acids is 1. The summed E-state index contributed by atoms with van der Waals surface area (Å²) in [5.74, 6) is 0.138. The second-order valence-electron chi connectivity index (χ2n) is 5.26. The molecule has 0 aromatic heterocycles. The number of halogens is 1. The monoisotopic (exact) mass is 384 g/mol. The zero-order chi connectivity index (χ0) is 17.7. The van der Waals surface area contributed by atoms with Crippen LogP contribution < -0.4 is 10.1 Å². The van der Waals surface area contributed by atoms with Crippen LogP contribution in [0.1, 0.15) is 16.7 Å². The number of aryl methyl sites for hydroxylation is 1. The highest BCUT2D eigenvalue weighted by Crippen LogP contribution is 2.26. The van der Waals surface area contributed by atoms with Gasteiger partial charge in [0.2, 0.25) is 0 Å². The van der Waals surface area contributed by atoms with Crippen LogP contribution in [0.5, 0.6) is 5.75 Å². The molecule has 2 aromatic rings. The molecule has 0 heterocycles. The molecule has 0 unspecified atom stereocenters. The average Bonchev–Trinajstić information content (AvgIpc) is 2.56. The number of nitrogens with one attached hydrogen (secondary N) is 1. The second kappa shape index (κ2) is 7.80. The fraction of sp³-hybridized carbons (Fsp3) is 0.158. The number of hydrogen-bond donors (Lipinski definition) is 1. The Morgan fingerprint density at radius 3 is 2.71 bits per heavy atom. The number of hydrogen-bond acceptors (Lipinski definition) is 3. The van der Waals surface area contributed by atoms with Crippen molar-refractivity contribution in [3.63, 3.8) is 0 Å². The maximum atomic E-state index is 12.4. The summed E-state index contributed by atoms with van der Waals surface area (Å²) in [7, 11) is 1.54. The number of amides is 1. The fourth-order valence-electron chi connectivity index (χ4n) is 2.20. The van der Waals surface area contributed by atoms with E-state index in [9.17, 15) is 10.1 Å².